The van der Waals surface area contributed by atoms with Gasteiger partial charge >= 0.3 is 6.18 Å². The molecule has 1 aromatic carbocycles. The lowest BCUT2D eigenvalue weighted by Crippen LogP contribution is -2.46. The molecular formula is C18H18F3N5O3. The predicted molar refractivity (Wildman–Crippen MR) is 94.3 cm³/mol. The van der Waals surface area contributed by atoms with Crippen LogP contribution < -0.4 is 15.4 Å². The number of primary amides is 1. The van der Waals surface area contributed by atoms with Crippen molar-refractivity contribution >= 4 is 17.5 Å². The monoisotopic (exact) mass is 409 g/mol. The van der Waals surface area contributed by atoms with Gasteiger partial charge in [-0.2, -0.15) is 13.2 Å². The largest absolute Gasteiger partial charge is 0.491 e. The molecule has 0 aliphatic carbocycles. The van der Waals surface area contributed by atoms with Crippen LogP contribution in [0.25, 0.3) is 0 Å². The summed E-state index contributed by atoms with van der Waals surface area (Å²) in [6.45, 7) is -0.352. The number of nitrogens with zero attached hydrogens (tertiary/aromatic N) is 4. The molecule has 2 amide bonds. The van der Waals surface area contributed by atoms with Gasteiger partial charge < -0.3 is 15.4 Å². The SMILES string of the molecule is CN1C(=O)[C@@H](C2c3c(C(N)=O)nnn3CCC2C(F)(F)F)COc2ccccc21. The Morgan fingerprint density at radius 2 is 2.03 bits per heavy atom. The van der Waals surface area contributed by atoms with E-state index in [1.54, 1.807) is 24.3 Å². The quantitative estimate of drug-likeness (QED) is 0.814. The van der Waals surface area contributed by atoms with Crippen LogP contribution in [-0.2, 0) is 11.3 Å². The number of alkyl halides is 3. The van der Waals surface area contributed by atoms with E-state index >= 15 is 0 Å². The van der Waals surface area contributed by atoms with Crippen molar-refractivity contribution in [1.29, 1.82) is 0 Å². The molecule has 154 valence electrons. The molecule has 3 heterocycles. The van der Waals surface area contributed by atoms with Crippen molar-refractivity contribution in [2.75, 3.05) is 18.6 Å². The zero-order valence-electron chi connectivity index (χ0n) is 15.4. The highest BCUT2D eigenvalue weighted by molar-refractivity contribution is 5.98. The second-order valence-corrected chi connectivity index (χ2v) is 7.16. The van der Waals surface area contributed by atoms with Gasteiger partial charge in [0.2, 0.25) is 5.91 Å². The Morgan fingerprint density at radius 1 is 1.31 bits per heavy atom. The molecule has 2 aromatic rings. The highest BCUT2D eigenvalue weighted by atomic mass is 19.4. The summed E-state index contributed by atoms with van der Waals surface area (Å²) in [7, 11) is 1.48. The highest BCUT2D eigenvalue weighted by Crippen LogP contribution is 2.49. The number of halogens is 3. The molecule has 1 aromatic heterocycles. The number of benzene rings is 1. The fraction of sp³-hybridized carbons (Fsp3) is 0.444. The van der Waals surface area contributed by atoms with E-state index in [4.69, 9.17) is 10.5 Å². The van der Waals surface area contributed by atoms with Crippen LogP contribution in [0.3, 0.4) is 0 Å². The maximum Gasteiger partial charge on any atom is 0.392 e. The topological polar surface area (TPSA) is 103 Å². The number of carbonyl (C=O) groups excluding carboxylic acids is 2. The molecule has 29 heavy (non-hydrogen) atoms. The number of carbonyl (C=O) groups is 2. The van der Waals surface area contributed by atoms with Gasteiger partial charge in [-0.05, 0) is 18.6 Å². The number of anilines is 1. The number of amides is 2. The number of rotatable bonds is 2. The van der Waals surface area contributed by atoms with Crippen molar-refractivity contribution in [3.05, 3.63) is 35.7 Å². The normalized spacial score (nSPS) is 24.3. The maximum absolute atomic E-state index is 13.9. The fourth-order valence-corrected chi connectivity index (χ4v) is 4.19. The summed E-state index contributed by atoms with van der Waals surface area (Å²) in [6.07, 6.45) is -4.88. The van der Waals surface area contributed by atoms with Crippen molar-refractivity contribution in [2.45, 2.75) is 25.1 Å². The van der Waals surface area contributed by atoms with Gasteiger partial charge in [-0.3, -0.25) is 9.59 Å². The molecule has 0 radical (unpaired) electrons. The smallest absolute Gasteiger partial charge is 0.392 e. The van der Waals surface area contributed by atoms with Gasteiger partial charge in [0.15, 0.2) is 5.69 Å². The lowest BCUT2D eigenvalue weighted by molar-refractivity contribution is -0.191. The third-order valence-electron chi connectivity index (χ3n) is 5.55. The van der Waals surface area contributed by atoms with Crippen LogP contribution in [0.4, 0.5) is 18.9 Å². The summed E-state index contributed by atoms with van der Waals surface area (Å²) in [6, 6.07) is 6.71. The molecule has 0 spiro atoms. The molecule has 2 aliphatic rings. The zero-order chi connectivity index (χ0) is 20.9. The molecule has 2 unspecified atom stereocenters. The van der Waals surface area contributed by atoms with Crippen molar-refractivity contribution in [3.8, 4) is 5.75 Å². The van der Waals surface area contributed by atoms with E-state index in [1.807, 2.05) is 0 Å². The number of ether oxygens (including phenoxy) is 1. The van der Waals surface area contributed by atoms with Crippen molar-refractivity contribution in [1.82, 2.24) is 15.0 Å². The minimum Gasteiger partial charge on any atom is -0.491 e. The Hall–Kier alpha value is -3.11. The average Bonchev–Trinajstić information content (AvgIpc) is 3.06. The average molecular weight is 409 g/mol. The second kappa shape index (κ2) is 6.75. The Labute approximate surface area is 163 Å². The molecule has 2 N–H and O–H groups in total. The molecule has 8 nitrogen and oxygen atoms in total. The number of fused-ring (bicyclic) bond motifs is 2. The molecule has 3 atom stereocenters. The van der Waals surface area contributed by atoms with Gasteiger partial charge in [0.1, 0.15) is 12.4 Å². The van der Waals surface area contributed by atoms with E-state index in [0.717, 1.165) is 0 Å². The standard InChI is InChI=1S/C18H18F3N5O3/c1-25-11-4-2-3-5-12(11)29-8-9(17(25)28)13-10(18(19,20)21)6-7-26-15(13)14(16(22)27)23-24-26/h2-5,9-10,13H,6-8H2,1H3,(H2,22,27)/t9-,10?,13?/m1/s1. The third kappa shape index (κ3) is 3.10. The second-order valence-electron chi connectivity index (χ2n) is 7.16. The van der Waals surface area contributed by atoms with Gasteiger partial charge in [0, 0.05) is 19.5 Å². The number of para-hydroxylation sites is 2. The maximum atomic E-state index is 13.9. The molecular weight excluding hydrogens is 391 g/mol. The van der Waals surface area contributed by atoms with Crippen LogP contribution in [0.15, 0.2) is 24.3 Å². The van der Waals surface area contributed by atoms with Crippen LogP contribution in [0.1, 0.15) is 28.5 Å². The molecule has 0 saturated carbocycles. The minimum atomic E-state index is -4.59. The van der Waals surface area contributed by atoms with Gasteiger partial charge in [0.25, 0.3) is 5.91 Å². The summed E-state index contributed by atoms with van der Waals surface area (Å²) in [4.78, 5) is 26.3. The molecule has 4 rings (SSSR count). The Bertz CT molecular complexity index is 974. The van der Waals surface area contributed by atoms with Crippen molar-refractivity contribution < 1.29 is 27.5 Å². The summed E-state index contributed by atoms with van der Waals surface area (Å²) in [5, 5.41) is 7.45. The van der Waals surface area contributed by atoms with Crippen LogP contribution >= 0.6 is 0 Å². The summed E-state index contributed by atoms with van der Waals surface area (Å²) in [5.41, 5.74) is 5.38. The highest BCUT2D eigenvalue weighted by Gasteiger charge is 2.54. The molecule has 11 heteroatoms. The predicted octanol–water partition coefficient (Wildman–Crippen LogP) is 1.71. The molecule has 0 bridgehead atoms. The third-order valence-corrected chi connectivity index (χ3v) is 5.55. The minimum absolute atomic E-state index is 0.0626. The van der Waals surface area contributed by atoms with Crippen LogP contribution in [0.2, 0.25) is 0 Å². The molecule has 2 aliphatic heterocycles. The number of nitrogens with two attached hydrogens (primary N) is 1. The van der Waals surface area contributed by atoms with E-state index in [1.165, 1.54) is 16.6 Å². The Kier molecular flexibility index (Phi) is 4.47. The number of hydrogen-bond donors (Lipinski definition) is 1. The summed E-state index contributed by atoms with van der Waals surface area (Å²) < 4.78 is 48.8. The van der Waals surface area contributed by atoms with Gasteiger partial charge in [0.05, 0.1) is 23.2 Å². The van der Waals surface area contributed by atoms with Gasteiger partial charge in [-0.1, -0.05) is 17.3 Å². The van der Waals surface area contributed by atoms with Crippen LogP contribution in [0, 0.1) is 11.8 Å². The first-order valence-corrected chi connectivity index (χ1v) is 8.99. The lowest BCUT2D eigenvalue weighted by Gasteiger charge is -2.37. The van der Waals surface area contributed by atoms with Gasteiger partial charge in [-0.15, -0.1) is 5.10 Å². The van der Waals surface area contributed by atoms with Crippen molar-refractivity contribution in [2.24, 2.45) is 17.6 Å². The van der Waals surface area contributed by atoms with Gasteiger partial charge in [-0.25, -0.2) is 4.68 Å². The van der Waals surface area contributed by atoms with Crippen LogP contribution in [0.5, 0.6) is 5.75 Å². The van der Waals surface area contributed by atoms with E-state index in [-0.39, 0.29) is 31.0 Å². The number of hydrogen-bond acceptors (Lipinski definition) is 5. The number of aromatic nitrogens is 3. The lowest BCUT2D eigenvalue weighted by atomic mass is 9.74. The Morgan fingerprint density at radius 3 is 2.72 bits per heavy atom. The molecule has 0 saturated heterocycles. The summed E-state index contributed by atoms with van der Waals surface area (Å²) in [5.74, 6) is -5.59. The Balaban J connectivity index is 1.84. The van der Waals surface area contributed by atoms with E-state index in [9.17, 15) is 22.8 Å². The van der Waals surface area contributed by atoms with E-state index < -0.39 is 35.7 Å². The number of aryl methyl sites for hydroxylation is 1. The summed E-state index contributed by atoms with van der Waals surface area (Å²) >= 11 is 0. The zero-order valence-corrected chi connectivity index (χ0v) is 15.4. The first-order valence-electron chi connectivity index (χ1n) is 8.99. The fourth-order valence-electron chi connectivity index (χ4n) is 4.19. The van der Waals surface area contributed by atoms with Crippen molar-refractivity contribution in [3.63, 3.8) is 0 Å². The van der Waals surface area contributed by atoms with E-state index in [0.29, 0.717) is 11.4 Å². The van der Waals surface area contributed by atoms with Crippen LogP contribution in [-0.4, -0.2) is 46.6 Å². The first-order chi connectivity index (χ1) is 13.7. The van der Waals surface area contributed by atoms with E-state index in [2.05, 4.69) is 10.3 Å². The first kappa shape index (κ1) is 19.2. The molecule has 0 fully saturated rings.